The van der Waals surface area contributed by atoms with Gasteiger partial charge in [-0.25, -0.2) is 0 Å². The van der Waals surface area contributed by atoms with Crippen molar-refractivity contribution in [2.75, 3.05) is 20.2 Å². The molecule has 1 aromatic heterocycles. The minimum absolute atomic E-state index is 0.364. The first-order valence-corrected chi connectivity index (χ1v) is 5.83. The van der Waals surface area contributed by atoms with Crippen molar-refractivity contribution in [3.8, 4) is 0 Å². The molecule has 0 amide bonds. The van der Waals surface area contributed by atoms with E-state index < -0.39 is 0 Å². The lowest BCUT2D eigenvalue weighted by Gasteiger charge is -2.26. The highest BCUT2D eigenvalue weighted by Crippen LogP contribution is 2.14. The van der Waals surface area contributed by atoms with E-state index in [0.717, 1.165) is 19.6 Å². The van der Waals surface area contributed by atoms with Gasteiger partial charge in [0.25, 0.3) is 0 Å². The lowest BCUT2D eigenvalue weighted by atomic mass is 10.1. The summed E-state index contributed by atoms with van der Waals surface area (Å²) in [7, 11) is 2.05. The highest BCUT2D eigenvalue weighted by Gasteiger charge is 2.17. The third-order valence-electron chi connectivity index (χ3n) is 2.76. The van der Waals surface area contributed by atoms with Gasteiger partial charge in [0.1, 0.15) is 0 Å². The minimum atomic E-state index is 0.364. The summed E-state index contributed by atoms with van der Waals surface area (Å²) >= 11 is 0. The number of hydrogen-bond donors (Lipinski definition) is 0. The fraction of sp³-hybridized carbons (Fsp3) is 0.818. The number of likely N-dealkylation sites (N-methyl/N-ethyl adjacent to an activating group) is 1. The molecule has 0 aliphatic carbocycles. The Hall–Kier alpha value is -0.940. The molecule has 1 saturated heterocycles. The van der Waals surface area contributed by atoms with Crippen molar-refractivity contribution in [1.29, 1.82) is 0 Å². The molecule has 16 heavy (non-hydrogen) atoms. The van der Waals surface area contributed by atoms with Crippen LogP contribution in [-0.2, 0) is 11.3 Å². The Labute approximate surface area is 95.8 Å². The van der Waals surface area contributed by atoms with Crippen LogP contribution in [0.15, 0.2) is 4.52 Å². The quantitative estimate of drug-likeness (QED) is 0.774. The summed E-state index contributed by atoms with van der Waals surface area (Å²) in [6.45, 7) is 4.36. The fourth-order valence-corrected chi connectivity index (χ4v) is 2.00. The lowest BCUT2D eigenvalue weighted by molar-refractivity contribution is -0.00382. The van der Waals surface area contributed by atoms with E-state index in [1.54, 1.807) is 0 Å². The van der Waals surface area contributed by atoms with Crippen LogP contribution in [0.4, 0.5) is 0 Å². The summed E-state index contributed by atoms with van der Waals surface area (Å²) < 4.78 is 10.8. The number of ether oxygens (including phenoxy) is 1. The predicted octanol–water partition coefficient (Wildman–Crippen LogP) is 1.38. The molecular weight excluding hydrogens is 206 g/mol. The molecule has 1 fully saturated rings. The summed E-state index contributed by atoms with van der Waals surface area (Å²) in [5, 5.41) is 3.77. The zero-order valence-electron chi connectivity index (χ0n) is 9.98. The third kappa shape index (κ3) is 3.28. The van der Waals surface area contributed by atoms with Crippen LogP contribution in [0.1, 0.15) is 31.0 Å². The lowest BCUT2D eigenvalue weighted by Crippen LogP contribution is -2.33. The summed E-state index contributed by atoms with van der Waals surface area (Å²) in [5.74, 6) is 1.37. The van der Waals surface area contributed by atoms with Gasteiger partial charge in [-0.2, -0.15) is 4.98 Å². The molecule has 1 aliphatic rings. The third-order valence-corrected chi connectivity index (χ3v) is 2.76. The molecule has 0 radical (unpaired) electrons. The molecule has 90 valence electrons. The maximum atomic E-state index is 5.68. The number of hydrogen-bond acceptors (Lipinski definition) is 5. The first-order valence-electron chi connectivity index (χ1n) is 5.83. The van der Waals surface area contributed by atoms with Gasteiger partial charge in [-0.1, -0.05) is 5.16 Å². The van der Waals surface area contributed by atoms with Crippen LogP contribution in [0.25, 0.3) is 0 Å². The Morgan fingerprint density at radius 2 is 2.31 bits per heavy atom. The van der Waals surface area contributed by atoms with Crippen molar-refractivity contribution in [3.63, 3.8) is 0 Å². The van der Waals surface area contributed by atoms with Crippen LogP contribution in [0, 0.1) is 6.92 Å². The van der Waals surface area contributed by atoms with Crippen LogP contribution >= 0.6 is 0 Å². The molecule has 2 heterocycles. The predicted molar refractivity (Wildman–Crippen MR) is 59.0 cm³/mol. The SMILES string of the molecule is Cc1noc(CN(C)CC2CCCCO2)n1. The van der Waals surface area contributed by atoms with E-state index in [4.69, 9.17) is 9.26 Å². The Bertz CT molecular complexity index is 321. The molecule has 1 unspecified atom stereocenters. The molecule has 0 spiro atoms. The topological polar surface area (TPSA) is 51.4 Å². The highest BCUT2D eigenvalue weighted by molar-refractivity contribution is 4.82. The van der Waals surface area contributed by atoms with Crippen molar-refractivity contribution in [1.82, 2.24) is 15.0 Å². The van der Waals surface area contributed by atoms with Gasteiger partial charge in [0, 0.05) is 13.2 Å². The van der Waals surface area contributed by atoms with Gasteiger partial charge in [-0.15, -0.1) is 0 Å². The molecule has 2 rings (SSSR count). The van der Waals surface area contributed by atoms with Gasteiger partial charge in [0.05, 0.1) is 12.6 Å². The van der Waals surface area contributed by atoms with Crippen molar-refractivity contribution >= 4 is 0 Å². The van der Waals surface area contributed by atoms with Gasteiger partial charge >= 0.3 is 0 Å². The second-order valence-corrected chi connectivity index (χ2v) is 4.42. The average molecular weight is 225 g/mol. The van der Waals surface area contributed by atoms with Gasteiger partial charge in [-0.3, -0.25) is 4.90 Å². The molecule has 5 heteroatoms. The van der Waals surface area contributed by atoms with E-state index in [-0.39, 0.29) is 0 Å². The van der Waals surface area contributed by atoms with E-state index >= 15 is 0 Å². The Morgan fingerprint density at radius 1 is 1.44 bits per heavy atom. The van der Waals surface area contributed by atoms with Gasteiger partial charge in [-0.05, 0) is 33.2 Å². The molecule has 1 aromatic rings. The largest absolute Gasteiger partial charge is 0.377 e. The smallest absolute Gasteiger partial charge is 0.240 e. The standard InChI is InChI=1S/C11H19N3O2/c1-9-12-11(16-13-9)8-14(2)7-10-5-3-4-6-15-10/h10H,3-8H2,1-2H3. The molecule has 0 bridgehead atoms. The highest BCUT2D eigenvalue weighted by atomic mass is 16.5. The Kier molecular flexibility index (Phi) is 3.90. The van der Waals surface area contributed by atoms with Crippen LogP contribution in [-0.4, -0.2) is 41.3 Å². The molecule has 1 aliphatic heterocycles. The van der Waals surface area contributed by atoms with E-state index in [1.165, 1.54) is 12.8 Å². The molecule has 5 nitrogen and oxygen atoms in total. The summed E-state index contributed by atoms with van der Waals surface area (Å²) in [5.41, 5.74) is 0. The number of nitrogens with zero attached hydrogens (tertiary/aromatic N) is 3. The maximum absolute atomic E-state index is 5.68. The number of aromatic nitrogens is 2. The average Bonchev–Trinajstić information content (AvgIpc) is 2.65. The molecule has 0 aromatic carbocycles. The number of rotatable bonds is 4. The van der Waals surface area contributed by atoms with Crippen LogP contribution < -0.4 is 0 Å². The van der Waals surface area contributed by atoms with E-state index in [2.05, 4.69) is 22.1 Å². The Balaban J connectivity index is 1.77. The summed E-state index contributed by atoms with van der Waals surface area (Å²) in [4.78, 5) is 6.35. The van der Waals surface area contributed by atoms with Gasteiger partial charge < -0.3 is 9.26 Å². The van der Waals surface area contributed by atoms with Crippen molar-refractivity contribution in [3.05, 3.63) is 11.7 Å². The second-order valence-electron chi connectivity index (χ2n) is 4.42. The van der Waals surface area contributed by atoms with Crippen molar-refractivity contribution < 1.29 is 9.26 Å². The zero-order valence-corrected chi connectivity index (χ0v) is 9.98. The van der Waals surface area contributed by atoms with Crippen LogP contribution in [0.3, 0.4) is 0 Å². The normalized spacial score (nSPS) is 21.6. The van der Waals surface area contributed by atoms with E-state index in [1.807, 2.05) is 6.92 Å². The monoisotopic (exact) mass is 225 g/mol. The Morgan fingerprint density at radius 3 is 2.94 bits per heavy atom. The first-order chi connectivity index (χ1) is 7.74. The van der Waals surface area contributed by atoms with Crippen molar-refractivity contribution in [2.24, 2.45) is 0 Å². The minimum Gasteiger partial charge on any atom is -0.377 e. The summed E-state index contributed by atoms with van der Waals surface area (Å²) in [6.07, 6.45) is 4.00. The molecule has 1 atom stereocenters. The molecule has 0 saturated carbocycles. The molecular formula is C11H19N3O2. The van der Waals surface area contributed by atoms with Gasteiger partial charge in [0.15, 0.2) is 5.82 Å². The summed E-state index contributed by atoms with van der Waals surface area (Å²) in [6, 6.07) is 0. The van der Waals surface area contributed by atoms with E-state index in [9.17, 15) is 0 Å². The second kappa shape index (κ2) is 5.41. The van der Waals surface area contributed by atoms with Crippen molar-refractivity contribution in [2.45, 2.75) is 38.8 Å². The maximum Gasteiger partial charge on any atom is 0.240 e. The number of aryl methyl sites for hydroxylation is 1. The van der Waals surface area contributed by atoms with Crippen LogP contribution in [0.2, 0.25) is 0 Å². The first kappa shape index (κ1) is 11.5. The van der Waals surface area contributed by atoms with Crippen LogP contribution in [0.5, 0.6) is 0 Å². The molecule has 0 N–H and O–H groups in total. The van der Waals surface area contributed by atoms with Gasteiger partial charge in [0.2, 0.25) is 5.89 Å². The van der Waals surface area contributed by atoms with E-state index in [0.29, 0.717) is 24.4 Å². The zero-order chi connectivity index (χ0) is 11.4. The fourth-order valence-electron chi connectivity index (χ4n) is 2.00.